The highest BCUT2D eigenvalue weighted by Crippen LogP contribution is 2.23. The number of nitrogens with one attached hydrogen (secondary N) is 2. The van der Waals surface area contributed by atoms with Gasteiger partial charge in [0.2, 0.25) is 0 Å². The lowest BCUT2D eigenvalue weighted by Crippen LogP contribution is -2.29. The SMILES string of the molecule is CC(C)Oc1ccc(NC(=O)C(=O)Nc2ccc(C(C)(C)C)cc2)cc1. The lowest BCUT2D eigenvalue weighted by atomic mass is 9.87. The number of ether oxygens (including phenoxy) is 1. The van der Waals surface area contributed by atoms with Crippen molar-refractivity contribution in [3.8, 4) is 5.75 Å². The van der Waals surface area contributed by atoms with E-state index in [4.69, 9.17) is 4.74 Å². The van der Waals surface area contributed by atoms with Crippen molar-refractivity contribution >= 4 is 23.2 Å². The second kappa shape index (κ2) is 8.04. The molecule has 0 aliphatic carbocycles. The van der Waals surface area contributed by atoms with E-state index in [-0.39, 0.29) is 11.5 Å². The third-order valence-corrected chi connectivity index (χ3v) is 3.70. The summed E-state index contributed by atoms with van der Waals surface area (Å²) >= 11 is 0. The molecule has 0 heterocycles. The Morgan fingerprint density at radius 2 is 1.23 bits per heavy atom. The number of benzene rings is 2. The normalized spacial score (nSPS) is 11.2. The monoisotopic (exact) mass is 354 g/mol. The lowest BCUT2D eigenvalue weighted by molar-refractivity contribution is -0.132. The van der Waals surface area contributed by atoms with Crippen molar-refractivity contribution in [3.63, 3.8) is 0 Å². The molecule has 2 aromatic rings. The molecule has 26 heavy (non-hydrogen) atoms. The summed E-state index contributed by atoms with van der Waals surface area (Å²) in [5, 5.41) is 5.17. The standard InChI is InChI=1S/C21H26N2O3/c1-14(2)26-18-12-10-17(11-13-18)23-20(25)19(24)22-16-8-6-15(7-9-16)21(3,4)5/h6-14H,1-5H3,(H,22,24)(H,23,25). The molecule has 5 heteroatoms. The zero-order valence-corrected chi connectivity index (χ0v) is 15.9. The van der Waals surface area contributed by atoms with Gasteiger partial charge >= 0.3 is 11.8 Å². The molecule has 0 bridgehead atoms. The average molecular weight is 354 g/mol. The maximum atomic E-state index is 12.1. The lowest BCUT2D eigenvalue weighted by Gasteiger charge is -2.19. The Morgan fingerprint density at radius 3 is 1.62 bits per heavy atom. The highest BCUT2D eigenvalue weighted by Gasteiger charge is 2.16. The molecule has 0 aromatic heterocycles. The van der Waals surface area contributed by atoms with Crippen molar-refractivity contribution in [2.24, 2.45) is 0 Å². The Labute approximate surface area is 154 Å². The summed E-state index contributed by atoms with van der Waals surface area (Å²) < 4.78 is 5.54. The fourth-order valence-electron chi connectivity index (χ4n) is 2.32. The summed E-state index contributed by atoms with van der Waals surface area (Å²) in [4.78, 5) is 24.1. The maximum absolute atomic E-state index is 12.1. The van der Waals surface area contributed by atoms with E-state index in [0.29, 0.717) is 17.1 Å². The van der Waals surface area contributed by atoms with Gasteiger partial charge < -0.3 is 15.4 Å². The van der Waals surface area contributed by atoms with Crippen LogP contribution in [0.3, 0.4) is 0 Å². The van der Waals surface area contributed by atoms with Crippen LogP contribution in [0.4, 0.5) is 11.4 Å². The molecule has 0 unspecified atom stereocenters. The first-order valence-electron chi connectivity index (χ1n) is 8.65. The molecular weight excluding hydrogens is 328 g/mol. The topological polar surface area (TPSA) is 67.4 Å². The van der Waals surface area contributed by atoms with Gasteiger partial charge in [0.15, 0.2) is 0 Å². The van der Waals surface area contributed by atoms with Crippen molar-refractivity contribution in [1.82, 2.24) is 0 Å². The van der Waals surface area contributed by atoms with Crippen LogP contribution in [0.5, 0.6) is 5.75 Å². The number of hydrogen-bond acceptors (Lipinski definition) is 3. The Bertz CT molecular complexity index is 757. The van der Waals surface area contributed by atoms with Crippen molar-refractivity contribution in [1.29, 1.82) is 0 Å². The number of carbonyl (C=O) groups is 2. The molecule has 2 aromatic carbocycles. The van der Waals surface area contributed by atoms with Crippen molar-refractivity contribution < 1.29 is 14.3 Å². The van der Waals surface area contributed by atoms with Crippen molar-refractivity contribution in [2.45, 2.75) is 46.1 Å². The third-order valence-electron chi connectivity index (χ3n) is 3.70. The van der Waals surface area contributed by atoms with E-state index in [1.807, 2.05) is 26.0 Å². The first kappa shape index (κ1) is 19.5. The minimum atomic E-state index is -0.720. The second-order valence-electron chi connectivity index (χ2n) is 7.43. The molecule has 5 nitrogen and oxygen atoms in total. The highest BCUT2D eigenvalue weighted by atomic mass is 16.5. The number of rotatable bonds is 4. The minimum Gasteiger partial charge on any atom is -0.491 e. The summed E-state index contributed by atoms with van der Waals surface area (Å²) in [7, 11) is 0. The Hall–Kier alpha value is -2.82. The van der Waals surface area contributed by atoms with Crippen LogP contribution in [0, 0.1) is 0 Å². The molecular formula is C21H26N2O3. The van der Waals surface area contributed by atoms with Crippen LogP contribution < -0.4 is 15.4 Å². The minimum absolute atomic E-state index is 0.0331. The van der Waals surface area contributed by atoms with E-state index < -0.39 is 11.8 Å². The molecule has 0 saturated carbocycles. The van der Waals surface area contributed by atoms with E-state index in [0.717, 1.165) is 5.56 Å². The van der Waals surface area contributed by atoms with Gasteiger partial charge in [-0.2, -0.15) is 0 Å². The predicted molar refractivity (Wildman–Crippen MR) is 105 cm³/mol. The Kier molecular flexibility index (Phi) is 6.03. The smallest absolute Gasteiger partial charge is 0.314 e. The van der Waals surface area contributed by atoms with Crippen LogP contribution in [-0.4, -0.2) is 17.9 Å². The van der Waals surface area contributed by atoms with Gasteiger partial charge in [0.1, 0.15) is 5.75 Å². The van der Waals surface area contributed by atoms with Gasteiger partial charge in [-0.15, -0.1) is 0 Å². The summed E-state index contributed by atoms with van der Waals surface area (Å²) in [5.41, 5.74) is 2.30. The number of anilines is 2. The number of amides is 2. The molecule has 0 radical (unpaired) electrons. The van der Waals surface area contributed by atoms with Gasteiger partial charge in [-0.05, 0) is 61.2 Å². The molecule has 0 spiro atoms. The molecule has 0 aliphatic rings. The van der Waals surface area contributed by atoms with E-state index in [1.165, 1.54) is 0 Å². The summed E-state index contributed by atoms with van der Waals surface area (Å²) in [6, 6.07) is 14.4. The van der Waals surface area contributed by atoms with Gasteiger partial charge in [-0.1, -0.05) is 32.9 Å². The first-order valence-corrected chi connectivity index (χ1v) is 8.65. The highest BCUT2D eigenvalue weighted by molar-refractivity contribution is 6.43. The molecule has 0 fully saturated rings. The average Bonchev–Trinajstić information content (AvgIpc) is 2.55. The summed E-state index contributed by atoms with van der Waals surface area (Å²) in [5.74, 6) is -0.722. The fraction of sp³-hybridized carbons (Fsp3) is 0.333. The zero-order chi connectivity index (χ0) is 19.3. The first-order chi connectivity index (χ1) is 12.1. The van der Waals surface area contributed by atoms with Crippen LogP contribution in [0.15, 0.2) is 48.5 Å². The molecule has 0 atom stereocenters. The van der Waals surface area contributed by atoms with E-state index in [2.05, 4.69) is 31.4 Å². The molecule has 138 valence electrons. The molecule has 0 aliphatic heterocycles. The number of carbonyl (C=O) groups excluding carboxylic acids is 2. The van der Waals surface area contributed by atoms with Crippen LogP contribution in [-0.2, 0) is 15.0 Å². The maximum Gasteiger partial charge on any atom is 0.314 e. The fourth-order valence-corrected chi connectivity index (χ4v) is 2.32. The van der Waals surface area contributed by atoms with Crippen LogP contribution >= 0.6 is 0 Å². The quantitative estimate of drug-likeness (QED) is 0.802. The van der Waals surface area contributed by atoms with Crippen LogP contribution in [0.2, 0.25) is 0 Å². The van der Waals surface area contributed by atoms with E-state index in [9.17, 15) is 9.59 Å². The van der Waals surface area contributed by atoms with Gasteiger partial charge in [-0.25, -0.2) is 0 Å². The van der Waals surface area contributed by atoms with Crippen molar-refractivity contribution in [3.05, 3.63) is 54.1 Å². The third kappa shape index (κ3) is 5.62. The summed E-state index contributed by atoms with van der Waals surface area (Å²) in [6.45, 7) is 10.2. The Balaban J connectivity index is 1.94. The van der Waals surface area contributed by atoms with Crippen LogP contribution in [0.1, 0.15) is 40.2 Å². The van der Waals surface area contributed by atoms with Gasteiger partial charge in [0.25, 0.3) is 0 Å². The number of hydrogen-bond donors (Lipinski definition) is 2. The van der Waals surface area contributed by atoms with Crippen LogP contribution in [0.25, 0.3) is 0 Å². The van der Waals surface area contributed by atoms with Gasteiger partial charge in [-0.3, -0.25) is 9.59 Å². The summed E-state index contributed by atoms with van der Waals surface area (Å²) in [6.07, 6.45) is 0.0749. The largest absolute Gasteiger partial charge is 0.491 e. The Morgan fingerprint density at radius 1 is 0.808 bits per heavy atom. The zero-order valence-electron chi connectivity index (χ0n) is 15.9. The van der Waals surface area contributed by atoms with E-state index in [1.54, 1.807) is 36.4 Å². The predicted octanol–water partition coefficient (Wildman–Crippen LogP) is 4.35. The molecule has 2 amide bonds. The molecule has 2 N–H and O–H groups in total. The molecule has 2 rings (SSSR count). The van der Waals surface area contributed by atoms with Crippen molar-refractivity contribution in [2.75, 3.05) is 10.6 Å². The van der Waals surface area contributed by atoms with E-state index >= 15 is 0 Å². The second-order valence-corrected chi connectivity index (χ2v) is 7.43. The van der Waals surface area contributed by atoms with Gasteiger partial charge in [0.05, 0.1) is 6.10 Å². The molecule has 0 saturated heterocycles. The van der Waals surface area contributed by atoms with Gasteiger partial charge in [0, 0.05) is 11.4 Å².